The van der Waals surface area contributed by atoms with E-state index in [9.17, 15) is 13.2 Å². The highest BCUT2D eigenvalue weighted by Crippen LogP contribution is 2.27. The Labute approximate surface area is 126 Å². The van der Waals surface area contributed by atoms with Gasteiger partial charge in [0.1, 0.15) is 0 Å². The lowest BCUT2D eigenvalue weighted by Crippen LogP contribution is -2.43. The molecule has 1 aliphatic rings. The number of nitrogens with one attached hydrogen (secondary N) is 2. The minimum atomic E-state index is -3.41. The highest BCUT2D eigenvalue weighted by atomic mass is 32.2. The largest absolute Gasteiger partial charge is 0.351 e. The molecule has 0 unspecified atom stereocenters. The first-order valence-corrected chi connectivity index (χ1v) is 8.99. The molecule has 2 N–H and O–H groups in total. The molecule has 6 heteroatoms. The van der Waals surface area contributed by atoms with Crippen LogP contribution in [0.25, 0.3) is 0 Å². The highest BCUT2D eigenvalue weighted by molar-refractivity contribution is 7.90. The van der Waals surface area contributed by atoms with E-state index in [0.717, 1.165) is 32.2 Å². The first kappa shape index (κ1) is 16.0. The van der Waals surface area contributed by atoms with Crippen molar-refractivity contribution in [2.24, 2.45) is 5.41 Å². The van der Waals surface area contributed by atoms with Crippen molar-refractivity contribution in [3.63, 3.8) is 0 Å². The number of carbonyl (C=O) groups is 1. The molecule has 0 saturated carbocycles. The van der Waals surface area contributed by atoms with Crippen molar-refractivity contribution in [1.82, 2.24) is 10.6 Å². The van der Waals surface area contributed by atoms with Gasteiger partial charge in [-0.15, -0.1) is 0 Å². The van der Waals surface area contributed by atoms with Gasteiger partial charge in [-0.2, -0.15) is 0 Å². The molecule has 0 atom stereocenters. The number of rotatable bonds is 4. The third kappa shape index (κ3) is 4.04. The summed E-state index contributed by atoms with van der Waals surface area (Å²) in [5, 5.41) is 6.19. The third-order valence-corrected chi connectivity index (χ3v) is 5.17. The second-order valence-electron chi connectivity index (χ2n) is 6.01. The smallest absolute Gasteiger partial charge is 0.252 e. The van der Waals surface area contributed by atoms with Gasteiger partial charge < -0.3 is 10.6 Å². The van der Waals surface area contributed by atoms with Crippen molar-refractivity contribution >= 4 is 15.7 Å². The lowest BCUT2D eigenvalue weighted by Gasteiger charge is -2.34. The average Bonchev–Trinajstić information content (AvgIpc) is 2.45. The number of sulfone groups is 1. The van der Waals surface area contributed by atoms with Crippen LogP contribution >= 0.6 is 0 Å². The fourth-order valence-electron chi connectivity index (χ4n) is 2.57. The zero-order chi connectivity index (χ0) is 15.5. The molecule has 1 saturated heterocycles. The standard InChI is InChI=1S/C15H22N2O3S/c1-15(7-9-16-10-8-15)11-17-14(18)12-5-3-4-6-13(12)21(2,19)20/h3-6,16H,7-11H2,1-2H3,(H,17,18). The molecule has 116 valence electrons. The van der Waals surface area contributed by atoms with Crippen LogP contribution in [-0.2, 0) is 9.84 Å². The van der Waals surface area contributed by atoms with Crippen LogP contribution < -0.4 is 10.6 Å². The van der Waals surface area contributed by atoms with Gasteiger partial charge in [0.2, 0.25) is 0 Å². The maximum Gasteiger partial charge on any atom is 0.252 e. The molecule has 0 bridgehead atoms. The summed E-state index contributed by atoms with van der Waals surface area (Å²) in [6.45, 7) is 4.61. The fraction of sp³-hybridized carbons (Fsp3) is 0.533. The second-order valence-corrected chi connectivity index (χ2v) is 8.00. The minimum Gasteiger partial charge on any atom is -0.351 e. The molecule has 0 radical (unpaired) electrons. The van der Waals surface area contributed by atoms with E-state index in [4.69, 9.17) is 0 Å². The van der Waals surface area contributed by atoms with Gasteiger partial charge in [-0.3, -0.25) is 4.79 Å². The lowest BCUT2D eigenvalue weighted by molar-refractivity contribution is 0.0919. The van der Waals surface area contributed by atoms with Crippen molar-refractivity contribution in [1.29, 1.82) is 0 Å². The van der Waals surface area contributed by atoms with Crippen molar-refractivity contribution in [3.05, 3.63) is 29.8 Å². The van der Waals surface area contributed by atoms with Crippen LogP contribution in [0.2, 0.25) is 0 Å². The van der Waals surface area contributed by atoms with E-state index in [0.29, 0.717) is 6.54 Å². The van der Waals surface area contributed by atoms with Crippen LogP contribution in [0.3, 0.4) is 0 Å². The Hall–Kier alpha value is -1.40. The van der Waals surface area contributed by atoms with Gasteiger partial charge in [0.15, 0.2) is 9.84 Å². The normalized spacial score (nSPS) is 18.2. The topological polar surface area (TPSA) is 75.3 Å². The van der Waals surface area contributed by atoms with E-state index in [1.54, 1.807) is 18.2 Å². The molecule has 21 heavy (non-hydrogen) atoms. The molecule has 1 aromatic rings. The molecule has 1 fully saturated rings. The SMILES string of the molecule is CC1(CNC(=O)c2ccccc2S(C)(=O)=O)CCNCC1. The number of hydrogen-bond donors (Lipinski definition) is 2. The zero-order valence-electron chi connectivity index (χ0n) is 12.5. The predicted octanol–water partition coefficient (Wildman–Crippen LogP) is 1.21. The number of benzene rings is 1. The summed E-state index contributed by atoms with van der Waals surface area (Å²) in [6.07, 6.45) is 3.12. The average molecular weight is 310 g/mol. The Balaban J connectivity index is 2.11. The summed E-state index contributed by atoms with van der Waals surface area (Å²) in [7, 11) is -3.41. The van der Waals surface area contributed by atoms with Gasteiger partial charge in [0.05, 0.1) is 10.5 Å². The van der Waals surface area contributed by atoms with Crippen LogP contribution in [0.15, 0.2) is 29.2 Å². The van der Waals surface area contributed by atoms with Crippen molar-refractivity contribution in [2.45, 2.75) is 24.7 Å². The van der Waals surface area contributed by atoms with E-state index in [2.05, 4.69) is 17.6 Å². The van der Waals surface area contributed by atoms with Crippen LogP contribution in [0, 0.1) is 5.41 Å². The maximum absolute atomic E-state index is 12.3. The van der Waals surface area contributed by atoms with Crippen molar-refractivity contribution < 1.29 is 13.2 Å². The second kappa shape index (κ2) is 6.15. The predicted molar refractivity (Wildman–Crippen MR) is 82.1 cm³/mol. The summed E-state index contributed by atoms with van der Waals surface area (Å²) < 4.78 is 23.5. The molecular formula is C15H22N2O3S. The van der Waals surface area contributed by atoms with E-state index in [-0.39, 0.29) is 21.8 Å². The Bertz CT molecular complexity index is 620. The van der Waals surface area contributed by atoms with E-state index < -0.39 is 9.84 Å². The summed E-state index contributed by atoms with van der Waals surface area (Å²) >= 11 is 0. The van der Waals surface area contributed by atoms with Gasteiger partial charge in [-0.05, 0) is 43.5 Å². The third-order valence-electron chi connectivity index (χ3n) is 4.02. The first-order valence-electron chi connectivity index (χ1n) is 7.10. The minimum absolute atomic E-state index is 0.0704. The Morgan fingerprint density at radius 2 is 1.90 bits per heavy atom. The molecule has 0 aliphatic carbocycles. The van der Waals surface area contributed by atoms with Gasteiger partial charge in [0, 0.05) is 12.8 Å². The van der Waals surface area contributed by atoms with Crippen LogP contribution in [0.5, 0.6) is 0 Å². The number of hydrogen-bond acceptors (Lipinski definition) is 4. The highest BCUT2D eigenvalue weighted by Gasteiger charge is 2.28. The van der Waals surface area contributed by atoms with Gasteiger partial charge in [-0.25, -0.2) is 8.42 Å². The summed E-state index contributed by atoms with van der Waals surface area (Å²) in [6, 6.07) is 6.32. The van der Waals surface area contributed by atoms with Crippen molar-refractivity contribution in [3.8, 4) is 0 Å². The summed E-state index contributed by atoms with van der Waals surface area (Å²) in [5.74, 6) is -0.323. The molecule has 1 aliphatic heterocycles. The number of carbonyl (C=O) groups excluding carboxylic acids is 1. The monoisotopic (exact) mass is 310 g/mol. The van der Waals surface area contributed by atoms with Crippen molar-refractivity contribution in [2.75, 3.05) is 25.9 Å². The van der Waals surface area contributed by atoms with Crippen LogP contribution in [0.1, 0.15) is 30.1 Å². The lowest BCUT2D eigenvalue weighted by atomic mass is 9.81. The number of amides is 1. The molecular weight excluding hydrogens is 288 g/mol. The molecule has 0 aromatic heterocycles. The molecule has 2 rings (SSSR count). The summed E-state index contributed by atoms with van der Waals surface area (Å²) in [5.41, 5.74) is 0.290. The van der Waals surface area contributed by atoms with E-state index in [1.807, 2.05) is 0 Å². The maximum atomic E-state index is 12.3. The molecule has 1 heterocycles. The van der Waals surface area contributed by atoms with Gasteiger partial charge in [0.25, 0.3) is 5.91 Å². The fourth-order valence-corrected chi connectivity index (χ4v) is 3.46. The van der Waals surface area contributed by atoms with Crippen LogP contribution in [-0.4, -0.2) is 40.2 Å². The quantitative estimate of drug-likeness (QED) is 0.876. The van der Waals surface area contributed by atoms with Crippen LogP contribution in [0.4, 0.5) is 0 Å². The zero-order valence-corrected chi connectivity index (χ0v) is 13.3. The first-order chi connectivity index (χ1) is 9.82. The molecule has 1 amide bonds. The Morgan fingerprint density at radius 1 is 1.29 bits per heavy atom. The van der Waals surface area contributed by atoms with E-state index in [1.165, 1.54) is 6.07 Å². The summed E-state index contributed by atoms with van der Waals surface area (Å²) in [4.78, 5) is 12.4. The molecule has 0 spiro atoms. The molecule has 1 aromatic carbocycles. The van der Waals surface area contributed by atoms with E-state index >= 15 is 0 Å². The molecule has 5 nitrogen and oxygen atoms in total. The number of piperidine rings is 1. The Morgan fingerprint density at radius 3 is 2.52 bits per heavy atom. The van der Waals surface area contributed by atoms with Gasteiger partial charge >= 0.3 is 0 Å². The van der Waals surface area contributed by atoms with Gasteiger partial charge in [-0.1, -0.05) is 19.1 Å². The Kier molecular flexibility index (Phi) is 4.68.